The number of nitrogens with zero attached hydrogens (tertiary/aromatic N) is 2. The number of carboxylic acid groups (broad SMARTS) is 1. The van der Waals surface area contributed by atoms with E-state index in [9.17, 15) is 31.5 Å². The first-order valence-corrected chi connectivity index (χ1v) is 14.4. The summed E-state index contributed by atoms with van der Waals surface area (Å²) < 4.78 is 57.9. The van der Waals surface area contributed by atoms with Crippen molar-refractivity contribution in [1.82, 2.24) is 15.2 Å². The summed E-state index contributed by atoms with van der Waals surface area (Å²) in [6.45, 7) is 2.32. The molecule has 0 bridgehead atoms. The minimum absolute atomic E-state index is 0.0169. The van der Waals surface area contributed by atoms with Gasteiger partial charge in [-0.25, -0.2) is 8.42 Å². The summed E-state index contributed by atoms with van der Waals surface area (Å²) in [4.78, 5) is 28.9. The summed E-state index contributed by atoms with van der Waals surface area (Å²) in [5.41, 5.74) is 7.46. The number of carbonyl (C=O) groups is 2. The Labute approximate surface area is 223 Å². The highest BCUT2D eigenvalue weighted by atomic mass is 32.2. The molecular formula is C21H28N6O10S2. The maximum absolute atomic E-state index is 12.6. The van der Waals surface area contributed by atoms with Gasteiger partial charge < -0.3 is 25.5 Å². The Morgan fingerprint density at radius 1 is 1.21 bits per heavy atom. The molecule has 0 fully saturated rings. The summed E-state index contributed by atoms with van der Waals surface area (Å²) in [7, 11) is -7.91. The number of carboxylic acids is 1. The SMILES string of the molecule is CS(=O)(=O)O.Cc1noc(C)c1S(=O)(=O)N[C@H](CNC(=O)C[C@@H]1CC(c2ccc(C(=N)N)cc2)=NO1)C(=O)O. The monoisotopic (exact) mass is 588 g/mol. The Morgan fingerprint density at radius 2 is 1.79 bits per heavy atom. The number of amides is 1. The molecule has 0 spiro atoms. The van der Waals surface area contributed by atoms with Crippen LogP contribution in [0, 0.1) is 19.3 Å². The van der Waals surface area contributed by atoms with Crippen LogP contribution in [0.3, 0.4) is 0 Å². The molecule has 0 radical (unpaired) electrons. The van der Waals surface area contributed by atoms with E-state index in [0.29, 0.717) is 24.0 Å². The van der Waals surface area contributed by atoms with Gasteiger partial charge in [0.05, 0.1) is 18.4 Å². The second-order valence-corrected chi connectivity index (χ2v) is 11.5. The van der Waals surface area contributed by atoms with Gasteiger partial charge in [0.15, 0.2) is 5.76 Å². The molecular weight excluding hydrogens is 560 g/mol. The van der Waals surface area contributed by atoms with Crippen LogP contribution in [-0.4, -0.2) is 80.0 Å². The van der Waals surface area contributed by atoms with Crippen molar-refractivity contribution in [3.05, 3.63) is 46.8 Å². The number of nitrogens with two attached hydrogens (primary N) is 1. The third kappa shape index (κ3) is 9.74. The highest BCUT2D eigenvalue weighted by Gasteiger charge is 2.31. The number of aliphatic carboxylic acids is 1. The average Bonchev–Trinajstić information content (AvgIpc) is 3.41. The fourth-order valence-electron chi connectivity index (χ4n) is 3.33. The van der Waals surface area contributed by atoms with Crippen molar-refractivity contribution in [2.45, 2.75) is 43.7 Å². The fourth-order valence-corrected chi connectivity index (χ4v) is 4.85. The fraction of sp³-hybridized carbons (Fsp3) is 0.381. The number of nitrogens with one attached hydrogen (secondary N) is 3. The van der Waals surface area contributed by atoms with E-state index in [1.165, 1.54) is 13.8 Å². The molecule has 1 aromatic carbocycles. The standard InChI is InChI=1S/C20H24N6O7S.CH4O3S/c1-10-18(11(2)32-24-10)34(30,31)26-16(20(28)29)9-23-17(27)8-14-7-15(25-33-14)12-3-5-13(6-4-12)19(21)22;1-5(2,3)4/h3-6,14,16,26H,7-9H2,1-2H3,(H3,21,22)(H,23,27)(H,28,29);1H3,(H,2,3,4)/t14-,16+;/m0./s1. The number of oxime groups is 1. The lowest BCUT2D eigenvalue weighted by Gasteiger charge is -2.16. The molecule has 0 saturated heterocycles. The van der Waals surface area contributed by atoms with Gasteiger partial charge in [-0.2, -0.15) is 13.1 Å². The molecule has 2 atom stereocenters. The zero-order valence-electron chi connectivity index (χ0n) is 21.0. The smallest absolute Gasteiger partial charge is 0.323 e. The van der Waals surface area contributed by atoms with Gasteiger partial charge in [0.2, 0.25) is 15.9 Å². The van der Waals surface area contributed by atoms with E-state index >= 15 is 0 Å². The zero-order valence-corrected chi connectivity index (χ0v) is 22.7. The second kappa shape index (κ2) is 12.8. The number of rotatable bonds is 10. The molecule has 1 aliphatic heterocycles. The van der Waals surface area contributed by atoms with Gasteiger partial charge in [-0.15, -0.1) is 0 Å². The molecule has 2 heterocycles. The predicted octanol–water partition coefficient (Wildman–Crippen LogP) is -0.489. The van der Waals surface area contributed by atoms with Gasteiger partial charge in [0.1, 0.15) is 28.6 Å². The van der Waals surface area contributed by atoms with Crippen LogP contribution < -0.4 is 15.8 Å². The first-order chi connectivity index (χ1) is 18.0. The van der Waals surface area contributed by atoms with Gasteiger partial charge in [-0.1, -0.05) is 34.6 Å². The van der Waals surface area contributed by atoms with Crippen molar-refractivity contribution in [3.63, 3.8) is 0 Å². The Hall–Kier alpha value is -3.87. The number of nitrogen functional groups attached to an aromatic ring is 1. The molecule has 1 aromatic heterocycles. The molecule has 16 nitrogen and oxygen atoms in total. The molecule has 39 heavy (non-hydrogen) atoms. The molecule has 0 aliphatic carbocycles. The summed E-state index contributed by atoms with van der Waals surface area (Å²) in [5.74, 6) is -2.04. The quantitative estimate of drug-likeness (QED) is 0.117. The normalized spacial score (nSPS) is 15.8. The number of aryl methyl sites for hydroxylation is 2. The minimum Gasteiger partial charge on any atom is -0.480 e. The lowest BCUT2D eigenvalue weighted by molar-refractivity contribution is -0.139. The zero-order chi connectivity index (χ0) is 29.5. The number of carbonyl (C=O) groups excluding carboxylic acids is 1. The second-order valence-electron chi connectivity index (χ2n) is 8.37. The van der Waals surface area contributed by atoms with Crippen molar-refractivity contribution in [2.75, 3.05) is 12.8 Å². The topological polar surface area (TPSA) is 264 Å². The van der Waals surface area contributed by atoms with Crippen molar-refractivity contribution in [1.29, 1.82) is 5.41 Å². The molecule has 214 valence electrons. The number of sulfonamides is 1. The van der Waals surface area contributed by atoms with Crippen LogP contribution in [0.5, 0.6) is 0 Å². The predicted molar refractivity (Wildman–Crippen MR) is 136 cm³/mol. The molecule has 2 aromatic rings. The summed E-state index contributed by atoms with van der Waals surface area (Å²) in [6.07, 6.45) is 0.382. The highest BCUT2D eigenvalue weighted by Crippen LogP contribution is 2.20. The van der Waals surface area contributed by atoms with E-state index in [4.69, 9.17) is 25.1 Å². The maximum Gasteiger partial charge on any atom is 0.323 e. The lowest BCUT2D eigenvalue weighted by atomic mass is 10.0. The van der Waals surface area contributed by atoms with Gasteiger partial charge in [-0.3, -0.25) is 19.6 Å². The van der Waals surface area contributed by atoms with Crippen molar-refractivity contribution < 1.29 is 45.4 Å². The van der Waals surface area contributed by atoms with Crippen LogP contribution in [0.25, 0.3) is 0 Å². The first-order valence-electron chi connectivity index (χ1n) is 11.0. The van der Waals surface area contributed by atoms with Crippen LogP contribution in [0.4, 0.5) is 0 Å². The summed E-state index contributed by atoms with van der Waals surface area (Å²) in [5, 5.41) is 26.8. The number of benzene rings is 1. The van der Waals surface area contributed by atoms with Crippen LogP contribution in [0.1, 0.15) is 35.4 Å². The number of hydrogen-bond donors (Lipinski definition) is 6. The van der Waals surface area contributed by atoms with Crippen LogP contribution in [-0.2, 0) is 34.6 Å². The van der Waals surface area contributed by atoms with E-state index in [2.05, 4.69) is 15.6 Å². The van der Waals surface area contributed by atoms with Gasteiger partial charge in [0, 0.05) is 18.5 Å². The third-order valence-corrected chi connectivity index (χ3v) is 6.73. The average molecular weight is 589 g/mol. The van der Waals surface area contributed by atoms with E-state index in [1.807, 2.05) is 4.72 Å². The van der Waals surface area contributed by atoms with Gasteiger partial charge in [0.25, 0.3) is 10.1 Å². The van der Waals surface area contributed by atoms with E-state index in [1.54, 1.807) is 24.3 Å². The molecule has 1 amide bonds. The van der Waals surface area contributed by atoms with E-state index in [-0.39, 0.29) is 28.6 Å². The molecule has 7 N–H and O–H groups in total. The largest absolute Gasteiger partial charge is 0.480 e. The lowest BCUT2D eigenvalue weighted by Crippen LogP contribution is -2.48. The Bertz CT molecular complexity index is 1440. The summed E-state index contributed by atoms with van der Waals surface area (Å²) >= 11 is 0. The number of hydrogen-bond acceptors (Lipinski definition) is 11. The summed E-state index contributed by atoms with van der Waals surface area (Å²) in [6, 6.07) is 5.22. The maximum atomic E-state index is 12.6. The number of aromatic nitrogens is 1. The third-order valence-electron chi connectivity index (χ3n) is 5.01. The Kier molecular flexibility index (Phi) is 10.3. The van der Waals surface area contributed by atoms with Crippen molar-refractivity contribution >= 4 is 43.6 Å². The highest BCUT2D eigenvalue weighted by molar-refractivity contribution is 7.89. The van der Waals surface area contributed by atoms with E-state index < -0.39 is 50.7 Å². The first kappa shape index (κ1) is 31.3. The van der Waals surface area contributed by atoms with Crippen LogP contribution in [0.15, 0.2) is 38.8 Å². The molecule has 3 rings (SSSR count). The van der Waals surface area contributed by atoms with Crippen LogP contribution in [0.2, 0.25) is 0 Å². The van der Waals surface area contributed by atoms with Crippen molar-refractivity contribution in [2.24, 2.45) is 10.9 Å². The van der Waals surface area contributed by atoms with Crippen molar-refractivity contribution in [3.8, 4) is 0 Å². The van der Waals surface area contributed by atoms with Gasteiger partial charge >= 0.3 is 5.97 Å². The molecule has 0 saturated carbocycles. The Morgan fingerprint density at radius 3 is 2.28 bits per heavy atom. The Balaban J connectivity index is 0.000000976. The van der Waals surface area contributed by atoms with E-state index in [0.717, 1.165) is 5.56 Å². The molecule has 18 heteroatoms. The molecule has 0 unspecified atom stereocenters. The van der Waals surface area contributed by atoms with Gasteiger partial charge in [-0.05, 0) is 19.4 Å². The van der Waals surface area contributed by atoms with Crippen LogP contribution >= 0.6 is 0 Å². The number of amidine groups is 1. The minimum atomic E-state index is -4.24. The molecule has 1 aliphatic rings.